The molecule has 0 fully saturated rings. The predicted octanol–water partition coefficient (Wildman–Crippen LogP) is 1.70. The van der Waals surface area contributed by atoms with Gasteiger partial charge in [0, 0.05) is 18.1 Å². The number of nitrogens with two attached hydrogens (primary N) is 1. The van der Waals surface area contributed by atoms with Crippen LogP contribution in [0.3, 0.4) is 0 Å². The molecule has 6 nitrogen and oxygen atoms in total. The second kappa shape index (κ2) is 5.43. The number of rotatable bonds is 4. The number of sulfonamides is 1. The molecule has 8 heteroatoms. The molecule has 1 aromatic carbocycles. The summed E-state index contributed by atoms with van der Waals surface area (Å²) in [7, 11) is -2.18. The summed E-state index contributed by atoms with van der Waals surface area (Å²) in [5.41, 5.74) is 6.36. The maximum absolute atomic E-state index is 12.3. The summed E-state index contributed by atoms with van der Waals surface area (Å²) in [6, 6.07) is 6.56. The highest BCUT2D eigenvalue weighted by atomic mass is 35.5. The van der Waals surface area contributed by atoms with Crippen molar-refractivity contribution in [3.05, 3.63) is 41.2 Å². The van der Waals surface area contributed by atoms with Gasteiger partial charge in [-0.2, -0.15) is 0 Å². The van der Waals surface area contributed by atoms with Crippen LogP contribution in [0, 0.1) is 0 Å². The molecule has 3 N–H and O–H groups in total. The SMILES string of the molecule is CC(NS(=O)(=O)c1c(N)ncn1C)c1cccc(Cl)c1. The number of aryl methyl sites for hydroxylation is 1. The number of hydrogen-bond acceptors (Lipinski definition) is 4. The monoisotopic (exact) mass is 314 g/mol. The lowest BCUT2D eigenvalue weighted by Gasteiger charge is -2.15. The fourth-order valence-corrected chi connectivity index (χ4v) is 3.56. The summed E-state index contributed by atoms with van der Waals surface area (Å²) in [4.78, 5) is 3.78. The van der Waals surface area contributed by atoms with Crippen molar-refractivity contribution in [2.45, 2.75) is 18.0 Å². The van der Waals surface area contributed by atoms with Gasteiger partial charge in [-0.25, -0.2) is 18.1 Å². The van der Waals surface area contributed by atoms with E-state index < -0.39 is 16.1 Å². The Morgan fingerprint density at radius 3 is 2.70 bits per heavy atom. The molecule has 0 aliphatic carbocycles. The van der Waals surface area contributed by atoms with Gasteiger partial charge in [0.15, 0.2) is 10.8 Å². The molecular weight excluding hydrogens is 300 g/mol. The van der Waals surface area contributed by atoms with Crippen molar-refractivity contribution in [1.82, 2.24) is 14.3 Å². The molecular formula is C12H15ClN4O2S. The number of hydrogen-bond donors (Lipinski definition) is 2. The van der Waals surface area contributed by atoms with E-state index in [4.69, 9.17) is 17.3 Å². The first-order valence-electron chi connectivity index (χ1n) is 5.86. The van der Waals surface area contributed by atoms with Crippen LogP contribution in [0.2, 0.25) is 5.02 Å². The van der Waals surface area contributed by atoms with Gasteiger partial charge in [0.25, 0.3) is 10.0 Å². The largest absolute Gasteiger partial charge is 0.381 e. The zero-order chi connectivity index (χ0) is 14.9. The molecule has 0 amide bonds. The highest BCUT2D eigenvalue weighted by Crippen LogP contribution is 2.21. The first-order chi connectivity index (χ1) is 9.31. The number of halogens is 1. The van der Waals surface area contributed by atoms with Crippen LogP contribution in [0.25, 0.3) is 0 Å². The van der Waals surface area contributed by atoms with Crippen molar-refractivity contribution in [3.8, 4) is 0 Å². The van der Waals surface area contributed by atoms with Crippen LogP contribution in [0.5, 0.6) is 0 Å². The summed E-state index contributed by atoms with van der Waals surface area (Å²) in [5.74, 6) is -0.0294. The van der Waals surface area contributed by atoms with Gasteiger partial charge in [-0.05, 0) is 24.6 Å². The molecule has 0 saturated heterocycles. The zero-order valence-corrected chi connectivity index (χ0v) is 12.6. The van der Waals surface area contributed by atoms with Gasteiger partial charge in [-0.1, -0.05) is 23.7 Å². The maximum atomic E-state index is 12.3. The molecule has 0 radical (unpaired) electrons. The first kappa shape index (κ1) is 14.8. The van der Waals surface area contributed by atoms with Crippen molar-refractivity contribution in [3.63, 3.8) is 0 Å². The van der Waals surface area contributed by atoms with Crippen molar-refractivity contribution >= 4 is 27.4 Å². The Labute approximate surface area is 122 Å². The van der Waals surface area contributed by atoms with Crippen LogP contribution in [0.4, 0.5) is 5.82 Å². The minimum absolute atomic E-state index is 0.0294. The molecule has 0 saturated carbocycles. The Bertz CT molecular complexity index is 707. The fraction of sp³-hybridized carbons (Fsp3) is 0.250. The normalized spacial score (nSPS) is 13.3. The van der Waals surface area contributed by atoms with E-state index in [9.17, 15) is 8.42 Å². The molecule has 1 atom stereocenters. The van der Waals surface area contributed by atoms with Crippen molar-refractivity contribution in [2.75, 3.05) is 5.73 Å². The molecule has 2 aromatic rings. The van der Waals surface area contributed by atoms with E-state index in [0.717, 1.165) is 5.56 Å². The highest BCUT2D eigenvalue weighted by molar-refractivity contribution is 7.89. The van der Waals surface area contributed by atoms with Crippen LogP contribution in [-0.2, 0) is 17.1 Å². The number of nitrogen functional groups attached to an aromatic ring is 1. The van der Waals surface area contributed by atoms with Gasteiger partial charge in [-0.3, -0.25) is 0 Å². The third kappa shape index (κ3) is 2.95. The van der Waals surface area contributed by atoms with E-state index in [-0.39, 0.29) is 10.8 Å². The standard InChI is InChI=1S/C12H15ClN4O2S/c1-8(9-4-3-5-10(13)6-9)16-20(18,19)12-11(14)15-7-17(12)2/h3-8,16H,14H2,1-2H3. The molecule has 1 aromatic heterocycles. The topological polar surface area (TPSA) is 90.0 Å². The van der Waals surface area contributed by atoms with Crippen molar-refractivity contribution in [2.24, 2.45) is 7.05 Å². The minimum Gasteiger partial charge on any atom is -0.381 e. The van der Waals surface area contributed by atoms with E-state index in [2.05, 4.69) is 9.71 Å². The zero-order valence-electron chi connectivity index (χ0n) is 11.0. The molecule has 20 heavy (non-hydrogen) atoms. The summed E-state index contributed by atoms with van der Waals surface area (Å²) >= 11 is 5.90. The fourth-order valence-electron chi connectivity index (χ4n) is 1.90. The summed E-state index contributed by atoms with van der Waals surface area (Å²) in [5, 5.41) is 0.500. The Morgan fingerprint density at radius 1 is 1.45 bits per heavy atom. The van der Waals surface area contributed by atoms with Gasteiger partial charge >= 0.3 is 0 Å². The molecule has 0 spiro atoms. The highest BCUT2D eigenvalue weighted by Gasteiger charge is 2.24. The summed E-state index contributed by atoms with van der Waals surface area (Å²) in [6.45, 7) is 1.73. The molecule has 108 valence electrons. The molecule has 1 unspecified atom stereocenters. The smallest absolute Gasteiger partial charge is 0.260 e. The number of aromatic nitrogens is 2. The summed E-state index contributed by atoms with van der Waals surface area (Å²) in [6.07, 6.45) is 1.36. The number of benzene rings is 1. The van der Waals surface area contributed by atoms with Crippen LogP contribution in [-0.4, -0.2) is 18.0 Å². The Morgan fingerprint density at radius 2 is 2.15 bits per heavy atom. The van der Waals surface area contributed by atoms with Crippen molar-refractivity contribution in [1.29, 1.82) is 0 Å². The molecule has 0 aliphatic rings. The summed E-state index contributed by atoms with van der Waals surface area (Å²) < 4.78 is 28.6. The van der Waals surface area contributed by atoms with Crippen molar-refractivity contribution < 1.29 is 8.42 Å². The van der Waals surface area contributed by atoms with Crippen LogP contribution < -0.4 is 10.5 Å². The van der Waals surface area contributed by atoms with Gasteiger partial charge in [-0.15, -0.1) is 0 Å². The van der Waals surface area contributed by atoms with Gasteiger partial charge < -0.3 is 10.3 Å². The van der Waals surface area contributed by atoms with E-state index in [1.165, 1.54) is 10.9 Å². The average Bonchev–Trinajstić information content (AvgIpc) is 2.69. The van der Waals surface area contributed by atoms with Gasteiger partial charge in [0.2, 0.25) is 0 Å². The van der Waals surface area contributed by atoms with Crippen LogP contribution in [0.15, 0.2) is 35.6 Å². The average molecular weight is 315 g/mol. The first-order valence-corrected chi connectivity index (χ1v) is 7.72. The number of nitrogens with zero attached hydrogens (tertiary/aromatic N) is 2. The Hall–Kier alpha value is -1.57. The lowest BCUT2D eigenvalue weighted by atomic mass is 10.1. The van der Waals surface area contributed by atoms with E-state index in [1.54, 1.807) is 38.2 Å². The molecule has 0 bridgehead atoms. The third-order valence-corrected chi connectivity index (χ3v) is 4.75. The maximum Gasteiger partial charge on any atom is 0.260 e. The second-order valence-corrected chi connectivity index (χ2v) is 6.51. The van der Waals surface area contributed by atoms with Crippen LogP contribution in [0.1, 0.15) is 18.5 Å². The number of imidazole rings is 1. The van der Waals surface area contributed by atoms with E-state index in [0.29, 0.717) is 5.02 Å². The second-order valence-electron chi connectivity index (χ2n) is 4.44. The quantitative estimate of drug-likeness (QED) is 0.898. The van der Waals surface area contributed by atoms with Gasteiger partial charge in [0.05, 0.1) is 6.33 Å². The molecule has 1 heterocycles. The number of nitrogens with one attached hydrogen (secondary N) is 1. The van der Waals surface area contributed by atoms with Crippen LogP contribution >= 0.6 is 11.6 Å². The molecule has 0 aliphatic heterocycles. The van der Waals surface area contributed by atoms with Gasteiger partial charge in [0.1, 0.15) is 0 Å². The third-order valence-electron chi connectivity index (χ3n) is 2.84. The minimum atomic E-state index is -3.76. The lowest BCUT2D eigenvalue weighted by molar-refractivity contribution is 0.558. The molecule has 2 rings (SSSR count). The lowest BCUT2D eigenvalue weighted by Crippen LogP contribution is -2.29. The number of anilines is 1. The Balaban J connectivity index is 2.29. The van der Waals surface area contributed by atoms with E-state index in [1.807, 2.05) is 0 Å². The Kier molecular flexibility index (Phi) is 4.03. The predicted molar refractivity (Wildman–Crippen MR) is 77.8 cm³/mol. The van der Waals surface area contributed by atoms with E-state index >= 15 is 0 Å².